The van der Waals surface area contributed by atoms with Gasteiger partial charge in [-0.05, 0) is 38.8 Å². The van der Waals surface area contributed by atoms with Crippen LogP contribution in [0.15, 0.2) is 29.0 Å². The maximum Gasteiger partial charge on any atom is 0.255 e. The molecule has 2 N–H and O–H groups in total. The molecule has 0 bridgehead atoms. The molecule has 22 heavy (non-hydrogen) atoms. The molecule has 1 aliphatic rings. The molecule has 2 aromatic heterocycles. The van der Waals surface area contributed by atoms with Gasteiger partial charge < -0.3 is 14.8 Å². The first kappa shape index (κ1) is 14.8. The Hall–Kier alpha value is -2.08. The Morgan fingerprint density at radius 2 is 2.32 bits per heavy atom. The number of aromatic nitrogens is 2. The molecule has 0 radical (unpaired) electrons. The van der Waals surface area contributed by atoms with Gasteiger partial charge in [0.25, 0.3) is 5.91 Å². The Morgan fingerprint density at radius 1 is 1.55 bits per heavy atom. The lowest BCUT2D eigenvalue weighted by molar-refractivity contribution is 0.0906. The van der Waals surface area contributed by atoms with Crippen LogP contribution in [0.3, 0.4) is 0 Å². The molecule has 0 saturated heterocycles. The molecule has 0 aliphatic heterocycles. The van der Waals surface area contributed by atoms with E-state index in [0.717, 1.165) is 18.5 Å². The van der Waals surface area contributed by atoms with Gasteiger partial charge >= 0.3 is 0 Å². The van der Waals surface area contributed by atoms with Crippen LogP contribution in [0.2, 0.25) is 0 Å². The molecule has 118 valence electrons. The molecule has 3 rings (SSSR count). The SMILES string of the molecule is CC(C)n1ncc(C(=O)NC(CO)c2ccco2)c1C1CC1. The second-order valence-corrected chi connectivity index (χ2v) is 5.98. The fraction of sp³-hybridized carbons (Fsp3) is 0.500. The van der Waals surface area contributed by atoms with Crippen LogP contribution in [0.25, 0.3) is 0 Å². The third-order valence-corrected chi connectivity index (χ3v) is 3.91. The summed E-state index contributed by atoms with van der Waals surface area (Å²) in [6.45, 7) is 3.90. The van der Waals surface area contributed by atoms with E-state index in [9.17, 15) is 9.90 Å². The normalized spacial score (nSPS) is 16.0. The Labute approximate surface area is 129 Å². The first-order valence-electron chi connectivity index (χ1n) is 7.64. The quantitative estimate of drug-likeness (QED) is 0.858. The highest BCUT2D eigenvalue weighted by Gasteiger charge is 2.33. The van der Waals surface area contributed by atoms with E-state index in [1.807, 2.05) is 4.68 Å². The van der Waals surface area contributed by atoms with Crippen molar-refractivity contribution in [2.45, 2.75) is 44.7 Å². The average Bonchev–Trinajstić information content (AvgIpc) is 3.03. The van der Waals surface area contributed by atoms with Crippen molar-refractivity contribution in [1.29, 1.82) is 0 Å². The number of aliphatic hydroxyl groups excluding tert-OH is 1. The first-order chi connectivity index (χ1) is 10.6. The van der Waals surface area contributed by atoms with Crippen molar-refractivity contribution in [2.24, 2.45) is 0 Å². The molecule has 1 amide bonds. The molecule has 6 heteroatoms. The van der Waals surface area contributed by atoms with E-state index >= 15 is 0 Å². The molecular formula is C16H21N3O3. The van der Waals surface area contributed by atoms with Gasteiger partial charge in [-0.1, -0.05) is 0 Å². The van der Waals surface area contributed by atoms with Crippen LogP contribution in [0.5, 0.6) is 0 Å². The molecule has 0 spiro atoms. The van der Waals surface area contributed by atoms with Crippen molar-refractivity contribution in [1.82, 2.24) is 15.1 Å². The van der Waals surface area contributed by atoms with Crippen molar-refractivity contribution in [3.8, 4) is 0 Å². The van der Waals surface area contributed by atoms with E-state index in [1.54, 1.807) is 18.3 Å². The summed E-state index contributed by atoms with van der Waals surface area (Å²) in [5.41, 5.74) is 1.60. The second-order valence-electron chi connectivity index (χ2n) is 5.98. The van der Waals surface area contributed by atoms with Gasteiger partial charge in [0.1, 0.15) is 11.8 Å². The maximum atomic E-state index is 12.6. The number of furan rings is 1. The molecule has 0 aromatic carbocycles. The van der Waals surface area contributed by atoms with E-state index in [4.69, 9.17) is 4.42 Å². The Bertz CT molecular complexity index is 642. The van der Waals surface area contributed by atoms with Gasteiger partial charge in [0.2, 0.25) is 0 Å². The van der Waals surface area contributed by atoms with Gasteiger partial charge in [-0.15, -0.1) is 0 Å². The van der Waals surface area contributed by atoms with E-state index in [1.165, 1.54) is 6.26 Å². The number of rotatable bonds is 6. The van der Waals surface area contributed by atoms with Crippen molar-refractivity contribution in [3.05, 3.63) is 41.6 Å². The monoisotopic (exact) mass is 303 g/mol. The summed E-state index contributed by atoms with van der Waals surface area (Å²) in [7, 11) is 0. The van der Waals surface area contributed by atoms with Gasteiger partial charge in [-0.25, -0.2) is 0 Å². The summed E-state index contributed by atoms with van der Waals surface area (Å²) < 4.78 is 7.19. The number of hydrogen-bond donors (Lipinski definition) is 2. The van der Waals surface area contributed by atoms with Crippen LogP contribution in [0.1, 0.15) is 66.5 Å². The molecule has 1 aliphatic carbocycles. The molecule has 1 saturated carbocycles. The number of carbonyl (C=O) groups is 1. The van der Waals surface area contributed by atoms with Crippen LogP contribution in [0, 0.1) is 0 Å². The highest BCUT2D eigenvalue weighted by Crippen LogP contribution is 2.42. The second kappa shape index (κ2) is 5.96. The molecule has 2 heterocycles. The van der Waals surface area contributed by atoms with Crippen LogP contribution in [-0.4, -0.2) is 27.4 Å². The molecule has 6 nitrogen and oxygen atoms in total. The number of hydrogen-bond acceptors (Lipinski definition) is 4. The smallest absolute Gasteiger partial charge is 0.255 e. The third-order valence-electron chi connectivity index (χ3n) is 3.91. The van der Waals surface area contributed by atoms with Crippen LogP contribution >= 0.6 is 0 Å². The van der Waals surface area contributed by atoms with Gasteiger partial charge in [-0.3, -0.25) is 9.48 Å². The standard InChI is InChI=1S/C16H21N3O3/c1-10(2)19-15(11-5-6-11)12(8-17-19)16(21)18-13(9-20)14-4-3-7-22-14/h3-4,7-8,10-11,13,20H,5-6,9H2,1-2H3,(H,18,21). The molecule has 1 fully saturated rings. The molecule has 1 unspecified atom stereocenters. The predicted octanol–water partition coefficient (Wildman–Crippen LogP) is 2.40. The third kappa shape index (κ3) is 2.78. The average molecular weight is 303 g/mol. The number of carbonyl (C=O) groups excluding carboxylic acids is 1. The Balaban J connectivity index is 1.83. The largest absolute Gasteiger partial charge is 0.467 e. The lowest BCUT2D eigenvalue weighted by Crippen LogP contribution is -2.31. The minimum Gasteiger partial charge on any atom is -0.467 e. The van der Waals surface area contributed by atoms with Crippen LogP contribution in [0.4, 0.5) is 0 Å². The number of amides is 1. The Kier molecular flexibility index (Phi) is 4.02. The lowest BCUT2D eigenvalue weighted by atomic mass is 10.1. The van der Waals surface area contributed by atoms with Crippen LogP contribution < -0.4 is 5.32 Å². The molecular weight excluding hydrogens is 282 g/mol. The first-order valence-corrected chi connectivity index (χ1v) is 7.64. The van der Waals surface area contributed by atoms with Gasteiger partial charge in [0.15, 0.2) is 0 Å². The van der Waals surface area contributed by atoms with Gasteiger partial charge in [0, 0.05) is 12.0 Å². The zero-order chi connectivity index (χ0) is 15.7. The maximum absolute atomic E-state index is 12.6. The fourth-order valence-corrected chi connectivity index (χ4v) is 2.65. The number of nitrogens with one attached hydrogen (secondary N) is 1. The van der Waals surface area contributed by atoms with Crippen molar-refractivity contribution < 1.29 is 14.3 Å². The van der Waals surface area contributed by atoms with E-state index in [0.29, 0.717) is 17.2 Å². The zero-order valence-corrected chi connectivity index (χ0v) is 12.8. The zero-order valence-electron chi connectivity index (χ0n) is 12.8. The highest BCUT2D eigenvalue weighted by molar-refractivity contribution is 5.95. The van der Waals surface area contributed by atoms with Crippen LogP contribution in [-0.2, 0) is 0 Å². The van der Waals surface area contributed by atoms with Crippen molar-refractivity contribution >= 4 is 5.91 Å². The Morgan fingerprint density at radius 3 is 2.86 bits per heavy atom. The van der Waals surface area contributed by atoms with E-state index in [2.05, 4.69) is 24.3 Å². The van der Waals surface area contributed by atoms with Gasteiger partial charge in [0.05, 0.1) is 30.3 Å². The lowest BCUT2D eigenvalue weighted by Gasteiger charge is -2.15. The summed E-state index contributed by atoms with van der Waals surface area (Å²) in [5.74, 6) is 0.742. The minimum atomic E-state index is -0.544. The summed E-state index contributed by atoms with van der Waals surface area (Å²) in [5, 5.41) is 16.7. The summed E-state index contributed by atoms with van der Waals surface area (Å²) in [6, 6.07) is 3.14. The predicted molar refractivity (Wildman–Crippen MR) is 80.6 cm³/mol. The summed E-state index contributed by atoms with van der Waals surface area (Å²) in [6.07, 6.45) is 5.34. The molecule has 1 atom stereocenters. The molecule has 2 aromatic rings. The van der Waals surface area contributed by atoms with E-state index < -0.39 is 6.04 Å². The number of aliphatic hydroxyl groups is 1. The summed E-state index contributed by atoms with van der Waals surface area (Å²) in [4.78, 5) is 12.6. The highest BCUT2D eigenvalue weighted by atomic mass is 16.3. The van der Waals surface area contributed by atoms with Gasteiger partial charge in [-0.2, -0.15) is 5.10 Å². The van der Waals surface area contributed by atoms with E-state index in [-0.39, 0.29) is 18.6 Å². The van der Waals surface area contributed by atoms with Crippen molar-refractivity contribution in [3.63, 3.8) is 0 Å². The summed E-state index contributed by atoms with van der Waals surface area (Å²) >= 11 is 0. The topological polar surface area (TPSA) is 80.3 Å². The fourth-order valence-electron chi connectivity index (χ4n) is 2.65. The number of nitrogens with zero attached hydrogens (tertiary/aromatic N) is 2. The minimum absolute atomic E-state index is 0.212. The van der Waals surface area contributed by atoms with Crippen molar-refractivity contribution in [2.75, 3.05) is 6.61 Å².